The highest BCUT2D eigenvalue weighted by Gasteiger charge is 2.27. The summed E-state index contributed by atoms with van der Waals surface area (Å²) in [7, 11) is -3.71. The third kappa shape index (κ3) is 4.54. The van der Waals surface area contributed by atoms with E-state index in [4.69, 9.17) is 0 Å². The van der Waals surface area contributed by atoms with Crippen LogP contribution in [0.15, 0.2) is 70.9 Å². The first kappa shape index (κ1) is 20.8. The van der Waals surface area contributed by atoms with Gasteiger partial charge in [0, 0.05) is 4.88 Å². The maximum Gasteiger partial charge on any atom is 0.241 e. The molecule has 0 saturated carbocycles. The molecule has 0 spiro atoms. The molecule has 2 aromatic carbocycles. The molecule has 0 radical (unpaired) electrons. The van der Waals surface area contributed by atoms with Crippen molar-refractivity contribution in [2.24, 2.45) is 0 Å². The first-order valence-corrected chi connectivity index (χ1v) is 11.9. The zero-order chi connectivity index (χ0) is 20.3. The van der Waals surface area contributed by atoms with Crippen molar-refractivity contribution in [3.63, 3.8) is 0 Å². The number of rotatable bonds is 7. The van der Waals surface area contributed by atoms with Crippen LogP contribution >= 0.6 is 11.3 Å². The Kier molecular flexibility index (Phi) is 6.38. The van der Waals surface area contributed by atoms with Crippen molar-refractivity contribution in [1.29, 1.82) is 0 Å². The van der Waals surface area contributed by atoms with Crippen LogP contribution in [0, 0.1) is 0 Å². The van der Waals surface area contributed by atoms with E-state index in [-0.39, 0.29) is 11.8 Å². The van der Waals surface area contributed by atoms with Gasteiger partial charge < -0.3 is 0 Å². The Morgan fingerprint density at radius 3 is 2.11 bits per heavy atom. The van der Waals surface area contributed by atoms with Crippen molar-refractivity contribution in [1.82, 2.24) is 4.72 Å². The summed E-state index contributed by atoms with van der Waals surface area (Å²) in [5, 5.41) is 1.97. The van der Waals surface area contributed by atoms with Gasteiger partial charge in [-0.3, -0.25) is 0 Å². The van der Waals surface area contributed by atoms with Crippen LogP contribution in [0.3, 0.4) is 0 Å². The molecule has 1 N–H and O–H groups in total. The van der Waals surface area contributed by atoms with Crippen LogP contribution in [0.4, 0.5) is 0 Å². The average Bonchev–Trinajstić information content (AvgIpc) is 3.20. The summed E-state index contributed by atoms with van der Waals surface area (Å²) < 4.78 is 30.0. The van der Waals surface area contributed by atoms with Gasteiger partial charge in [0.1, 0.15) is 0 Å². The number of thiophene rings is 1. The second-order valence-corrected chi connectivity index (χ2v) is 10.2. The fourth-order valence-corrected chi connectivity index (χ4v) is 5.71. The fraction of sp³-hybridized carbons (Fsp3) is 0.304. The van der Waals surface area contributed by atoms with Gasteiger partial charge in [-0.2, -0.15) is 4.72 Å². The van der Waals surface area contributed by atoms with Crippen LogP contribution in [0.2, 0.25) is 0 Å². The van der Waals surface area contributed by atoms with E-state index in [1.165, 1.54) is 0 Å². The smallest absolute Gasteiger partial charge is 0.207 e. The number of sulfonamides is 1. The molecular weight excluding hydrogens is 386 g/mol. The number of hydrogen-bond donors (Lipinski definition) is 1. The molecule has 1 atom stereocenters. The lowest BCUT2D eigenvalue weighted by Crippen LogP contribution is -2.30. The molecule has 0 aliphatic carbocycles. The van der Waals surface area contributed by atoms with Crippen molar-refractivity contribution in [2.75, 3.05) is 0 Å². The summed E-state index contributed by atoms with van der Waals surface area (Å²) in [5.74, 6) is 0.377. The van der Waals surface area contributed by atoms with E-state index < -0.39 is 16.1 Å². The lowest BCUT2D eigenvalue weighted by molar-refractivity contribution is 0.570. The molecule has 0 bridgehead atoms. The second-order valence-electron chi connectivity index (χ2n) is 7.59. The van der Waals surface area contributed by atoms with Gasteiger partial charge in [0.15, 0.2) is 0 Å². The van der Waals surface area contributed by atoms with Crippen LogP contribution in [-0.2, 0) is 10.0 Å². The summed E-state index contributed by atoms with van der Waals surface area (Å²) in [6.07, 6.45) is 0. The van der Waals surface area contributed by atoms with Crippen LogP contribution in [-0.4, -0.2) is 8.42 Å². The molecule has 0 aliphatic rings. The lowest BCUT2D eigenvalue weighted by Gasteiger charge is -2.21. The van der Waals surface area contributed by atoms with Crippen LogP contribution < -0.4 is 4.72 Å². The van der Waals surface area contributed by atoms with E-state index in [9.17, 15) is 8.42 Å². The minimum atomic E-state index is -3.71. The molecule has 0 amide bonds. The molecule has 1 heterocycles. The third-order valence-corrected chi connectivity index (χ3v) is 7.27. The van der Waals surface area contributed by atoms with E-state index in [1.54, 1.807) is 11.3 Å². The molecule has 0 saturated heterocycles. The molecule has 0 aliphatic heterocycles. The molecule has 0 fully saturated rings. The third-order valence-electron chi connectivity index (χ3n) is 4.85. The van der Waals surface area contributed by atoms with Gasteiger partial charge in [-0.25, -0.2) is 8.42 Å². The van der Waals surface area contributed by atoms with Crippen LogP contribution in [0.25, 0.3) is 0 Å². The standard InChI is InChI=1S/C23H27NO2S2/c1-16(2)19-12-13-20(17(3)4)22(15-19)28(25,26)24-23(21-11-8-14-27-21)18-9-6-5-7-10-18/h5-17,23-24H,1-4H3. The fourth-order valence-electron chi connectivity index (χ4n) is 3.23. The molecule has 28 heavy (non-hydrogen) atoms. The summed E-state index contributed by atoms with van der Waals surface area (Å²) in [6, 6.07) is 19.1. The zero-order valence-electron chi connectivity index (χ0n) is 16.7. The first-order valence-electron chi connectivity index (χ1n) is 9.54. The minimum absolute atomic E-state index is 0.115. The van der Waals surface area contributed by atoms with Crippen molar-refractivity contribution in [2.45, 2.75) is 50.5 Å². The molecule has 3 nitrogen and oxygen atoms in total. The van der Waals surface area contributed by atoms with E-state index in [1.807, 2.05) is 79.9 Å². The highest BCUT2D eigenvalue weighted by molar-refractivity contribution is 7.89. The average molecular weight is 414 g/mol. The van der Waals surface area contributed by atoms with Crippen molar-refractivity contribution < 1.29 is 8.42 Å². The van der Waals surface area contributed by atoms with Crippen molar-refractivity contribution in [3.8, 4) is 0 Å². The normalized spacial score (nSPS) is 13.2. The molecule has 5 heteroatoms. The maximum atomic E-state index is 13.5. The highest BCUT2D eigenvalue weighted by Crippen LogP contribution is 2.31. The van der Waals surface area contributed by atoms with E-state index in [0.717, 1.165) is 21.6 Å². The van der Waals surface area contributed by atoms with Gasteiger partial charge in [-0.05, 0) is 46.0 Å². The van der Waals surface area contributed by atoms with Gasteiger partial charge >= 0.3 is 0 Å². The summed E-state index contributed by atoms with van der Waals surface area (Å²) >= 11 is 1.55. The molecule has 3 rings (SSSR count). The summed E-state index contributed by atoms with van der Waals surface area (Å²) in [5.41, 5.74) is 2.80. The number of nitrogens with one attached hydrogen (secondary N) is 1. The Morgan fingerprint density at radius 1 is 0.821 bits per heavy atom. The predicted octanol–water partition coefficient (Wildman–Crippen LogP) is 6.06. The minimum Gasteiger partial charge on any atom is -0.207 e. The van der Waals surface area contributed by atoms with Crippen LogP contribution in [0.5, 0.6) is 0 Å². The molecule has 3 aromatic rings. The first-order chi connectivity index (χ1) is 13.3. The Bertz CT molecular complexity index is 1010. The Balaban J connectivity index is 2.08. The number of benzene rings is 2. The molecule has 1 aromatic heterocycles. The Labute approximate surface area is 172 Å². The van der Waals surface area contributed by atoms with E-state index in [2.05, 4.69) is 18.6 Å². The second kappa shape index (κ2) is 8.60. The SMILES string of the molecule is CC(C)c1ccc(C(C)C)c(S(=O)(=O)NC(c2ccccc2)c2cccs2)c1. The van der Waals surface area contributed by atoms with Gasteiger partial charge in [0.25, 0.3) is 0 Å². The van der Waals surface area contributed by atoms with E-state index >= 15 is 0 Å². The molecule has 1 unspecified atom stereocenters. The quantitative estimate of drug-likeness (QED) is 0.511. The van der Waals surface area contributed by atoms with Gasteiger partial charge in [0.2, 0.25) is 10.0 Å². The largest absolute Gasteiger partial charge is 0.241 e. The monoisotopic (exact) mass is 413 g/mol. The molecular formula is C23H27NO2S2. The topological polar surface area (TPSA) is 46.2 Å². The maximum absolute atomic E-state index is 13.5. The Hall–Kier alpha value is -1.95. The number of hydrogen-bond acceptors (Lipinski definition) is 3. The molecule has 148 valence electrons. The van der Waals surface area contributed by atoms with Crippen molar-refractivity contribution >= 4 is 21.4 Å². The van der Waals surface area contributed by atoms with E-state index in [0.29, 0.717) is 4.90 Å². The van der Waals surface area contributed by atoms with Crippen LogP contribution in [0.1, 0.15) is 67.1 Å². The predicted molar refractivity (Wildman–Crippen MR) is 118 cm³/mol. The van der Waals surface area contributed by atoms with Crippen molar-refractivity contribution in [3.05, 3.63) is 87.6 Å². The lowest BCUT2D eigenvalue weighted by atomic mass is 9.97. The highest BCUT2D eigenvalue weighted by atomic mass is 32.2. The summed E-state index contributed by atoms with van der Waals surface area (Å²) in [4.78, 5) is 1.35. The Morgan fingerprint density at radius 2 is 1.54 bits per heavy atom. The van der Waals surface area contributed by atoms with Gasteiger partial charge in [-0.1, -0.05) is 76.2 Å². The van der Waals surface area contributed by atoms with Gasteiger partial charge in [0.05, 0.1) is 10.9 Å². The summed E-state index contributed by atoms with van der Waals surface area (Å²) in [6.45, 7) is 8.20. The zero-order valence-corrected chi connectivity index (χ0v) is 18.3. The van der Waals surface area contributed by atoms with Gasteiger partial charge in [-0.15, -0.1) is 11.3 Å².